The number of hydrogen-bond donors (Lipinski definition) is 4. The number of rotatable bonds is 6. The standard InChI is InChI=1S/C20H15N5O6/c26-16-8-5-11(9-17(16)27)10-21-20(28)12-3-1-2-4-13(12)22-14-6-7-15(25(29)30)19-18(14)23-31-24-19/h1-9,22,26-27H,10H2,(H,21,28). The SMILES string of the molecule is O=C(NCc1ccc(O)c(O)c1)c1ccccc1Nc1ccc([N+](=O)[O-])c2nonc12. The smallest absolute Gasteiger partial charge is 0.300 e. The fourth-order valence-corrected chi connectivity index (χ4v) is 2.99. The van der Waals surface area contributed by atoms with Gasteiger partial charge in [0.2, 0.25) is 5.52 Å². The van der Waals surface area contributed by atoms with Gasteiger partial charge in [0.1, 0.15) is 0 Å². The number of benzene rings is 3. The van der Waals surface area contributed by atoms with Crippen molar-refractivity contribution < 1.29 is 24.6 Å². The molecule has 11 nitrogen and oxygen atoms in total. The molecule has 0 aliphatic rings. The predicted octanol–water partition coefficient (Wildman–Crippen LogP) is 3.22. The highest BCUT2D eigenvalue weighted by molar-refractivity contribution is 6.02. The number of non-ortho nitro benzene ring substituents is 1. The lowest BCUT2D eigenvalue weighted by atomic mass is 10.1. The summed E-state index contributed by atoms with van der Waals surface area (Å²) >= 11 is 0. The normalized spacial score (nSPS) is 10.7. The maximum atomic E-state index is 12.7. The van der Waals surface area contributed by atoms with Crippen LogP contribution < -0.4 is 10.6 Å². The van der Waals surface area contributed by atoms with Gasteiger partial charge in [-0.25, -0.2) is 4.63 Å². The molecule has 156 valence electrons. The van der Waals surface area contributed by atoms with E-state index < -0.39 is 10.8 Å². The van der Waals surface area contributed by atoms with Gasteiger partial charge in [-0.2, -0.15) is 0 Å². The van der Waals surface area contributed by atoms with Crippen LogP contribution in [0.5, 0.6) is 11.5 Å². The number of carbonyl (C=O) groups is 1. The van der Waals surface area contributed by atoms with Crippen LogP contribution in [0.25, 0.3) is 11.0 Å². The summed E-state index contributed by atoms with van der Waals surface area (Å²) in [6, 6.07) is 13.7. The third-order valence-corrected chi connectivity index (χ3v) is 4.52. The third-order valence-electron chi connectivity index (χ3n) is 4.52. The first-order chi connectivity index (χ1) is 14.9. The molecule has 31 heavy (non-hydrogen) atoms. The topological polar surface area (TPSA) is 164 Å². The van der Waals surface area contributed by atoms with Crippen molar-refractivity contribution in [1.29, 1.82) is 0 Å². The highest BCUT2D eigenvalue weighted by Gasteiger charge is 2.20. The quantitative estimate of drug-likeness (QED) is 0.208. The van der Waals surface area contributed by atoms with Crippen LogP contribution in [0.3, 0.4) is 0 Å². The van der Waals surface area contributed by atoms with Gasteiger partial charge in [0.25, 0.3) is 5.91 Å². The Morgan fingerprint density at radius 3 is 2.55 bits per heavy atom. The molecule has 0 saturated heterocycles. The molecule has 0 unspecified atom stereocenters. The number of para-hydroxylation sites is 1. The summed E-state index contributed by atoms with van der Waals surface area (Å²) < 4.78 is 4.66. The molecule has 3 aromatic carbocycles. The van der Waals surface area contributed by atoms with Gasteiger partial charge in [0.05, 0.1) is 21.9 Å². The summed E-state index contributed by atoms with van der Waals surface area (Å²) in [4.78, 5) is 23.3. The van der Waals surface area contributed by atoms with Crippen molar-refractivity contribution in [3.63, 3.8) is 0 Å². The number of phenols is 2. The summed E-state index contributed by atoms with van der Waals surface area (Å²) in [6.07, 6.45) is 0. The van der Waals surface area contributed by atoms with Crippen molar-refractivity contribution in [2.75, 3.05) is 5.32 Å². The number of amides is 1. The second-order valence-electron chi connectivity index (χ2n) is 6.53. The van der Waals surface area contributed by atoms with Crippen LogP contribution in [-0.4, -0.2) is 31.4 Å². The van der Waals surface area contributed by atoms with Crippen LogP contribution in [0.2, 0.25) is 0 Å². The van der Waals surface area contributed by atoms with Gasteiger partial charge in [-0.1, -0.05) is 18.2 Å². The third kappa shape index (κ3) is 3.92. The van der Waals surface area contributed by atoms with Gasteiger partial charge in [0.15, 0.2) is 17.0 Å². The van der Waals surface area contributed by atoms with Crippen molar-refractivity contribution in [3.8, 4) is 11.5 Å². The largest absolute Gasteiger partial charge is 0.504 e. The van der Waals surface area contributed by atoms with E-state index in [-0.39, 0.29) is 34.8 Å². The molecule has 4 aromatic rings. The van der Waals surface area contributed by atoms with E-state index in [1.807, 2.05) is 0 Å². The number of hydrogen-bond acceptors (Lipinski definition) is 9. The van der Waals surface area contributed by atoms with Gasteiger partial charge in [-0.15, -0.1) is 0 Å². The summed E-state index contributed by atoms with van der Waals surface area (Å²) in [5, 5.41) is 43.2. The number of fused-ring (bicyclic) bond motifs is 1. The minimum atomic E-state index is -0.584. The van der Waals surface area contributed by atoms with E-state index >= 15 is 0 Å². The predicted molar refractivity (Wildman–Crippen MR) is 109 cm³/mol. The molecule has 0 saturated carbocycles. The first kappa shape index (κ1) is 19.6. The van der Waals surface area contributed by atoms with Crippen LogP contribution in [0, 0.1) is 10.1 Å². The second-order valence-corrected chi connectivity index (χ2v) is 6.53. The van der Waals surface area contributed by atoms with Gasteiger partial charge in [-0.3, -0.25) is 14.9 Å². The zero-order chi connectivity index (χ0) is 22.0. The Hall–Kier alpha value is -4.67. The number of nitro groups is 1. The van der Waals surface area contributed by atoms with Crippen molar-refractivity contribution in [2.24, 2.45) is 0 Å². The molecule has 0 radical (unpaired) electrons. The molecule has 0 aliphatic carbocycles. The zero-order valence-electron chi connectivity index (χ0n) is 15.8. The maximum absolute atomic E-state index is 12.7. The van der Waals surface area contributed by atoms with E-state index in [9.17, 15) is 25.1 Å². The summed E-state index contributed by atoms with van der Waals surface area (Å²) in [5.74, 6) is -0.925. The average molecular weight is 421 g/mol. The van der Waals surface area contributed by atoms with E-state index in [0.717, 1.165) is 0 Å². The summed E-state index contributed by atoms with van der Waals surface area (Å²) in [7, 11) is 0. The maximum Gasteiger partial charge on any atom is 0.300 e. The van der Waals surface area contributed by atoms with Crippen LogP contribution in [0.1, 0.15) is 15.9 Å². The van der Waals surface area contributed by atoms with Crippen molar-refractivity contribution in [1.82, 2.24) is 15.6 Å². The molecule has 4 N–H and O–H groups in total. The number of nitro benzene ring substituents is 1. The van der Waals surface area contributed by atoms with Gasteiger partial charge >= 0.3 is 5.69 Å². The minimum absolute atomic E-state index is 0.0101. The van der Waals surface area contributed by atoms with Crippen LogP contribution in [0.15, 0.2) is 59.2 Å². The molecular formula is C20H15N5O6. The van der Waals surface area contributed by atoms with Gasteiger partial charge in [0, 0.05) is 12.6 Å². The first-order valence-electron chi connectivity index (χ1n) is 8.99. The van der Waals surface area contributed by atoms with Crippen molar-refractivity contribution in [3.05, 3.63) is 75.8 Å². The molecule has 0 aliphatic heterocycles. The Balaban J connectivity index is 1.58. The van der Waals surface area contributed by atoms with Crippen molar-refractivity contribution >= 4 is 34.0 Å². The Kier molecular flexibility index (Phi) is 5.06. The molecule has 0 spiro atoms. The Labute approximate surface area is 174 Å². The molecule has 1 amide bonds. The second kappa shape index (κ2) is 7.99. The van der Waals surface area contributed by atoms with E-state index in [1.165, 1.54) is 24.3 Å². The van der Waals surface area contributed by atoms with Gasteiger partial charge in [-0.05, 0) is 46.2 Å². The number of aromatic nitrogens is 2. The summed E-state index contributed by atoms with van der Waals surface area (Å²) in [5.41, 5.74) is 1.63. The first-order valence-corrected chi connectivity index (χ1v) is 8.99. The lowest BCUT2D eigenvalue weighted by Gasteiger charge is -2.12. The number of nitrogens with one attached hydrogen (secondary N) is 2. The number of anilines is 2. The van der Waals surface area contributed by atoms with Gasteiger partial charge < -0.3 is 20.8 Å². The van der Waals surface area contributed by atoms with Crippen LogP contribution in [-0.2, 0) is 6.54 Å². The fraction of sp³-hybridized carbons (Fsp3) is 0.0500. The van der Waals surface area contributed by atoms with Crippen LogP contribution >= 0.6 is 0 Å². The molecule has 0 atom stereocenters. The van der Waals surface area contributed by atoms with Crippen LogP contribution in [0.4, 0.5) is 17.1 Å². The molecule has 0 fully saturated rings. The molecule has 1 aromatic heterocycles. The Morgan fingerprint density at radius 2 is 1.77 bits per heavy atom. The highest BCUT2D eigenvalue weighted by atomic mass is 16.6. The number of nitrogens with zero attached hydrogens (tertiary/aromatic N) is 3. The molecule has 1 heterocycles. The fourth-order valence-electron chi connectivity index (χ4n) is 2.99. The molecule has 11 heteroatoms. The minimum Gasteiger partial charge on any atom is -0.504 e. The van der Waals surface area contributed by atoms with E-state index in [1.54, 1.807) is 30.3 Å². The Bertz CT molecular complexity index is 1300. The lowest BCUT2D eigenvalue weighted by molar-refractivity contribution is -0.383. The molecule has 0 bridgehead atoms. The van der Waals surface area contributed by atoms with E-state index in [0.29, 0.717) is 22.5 Å². The molecular weight excluding hydrogens is 406 g/mol. The molecule has 4 rings (SSSR count). The van der Waals surface area contributed by atoms with Crippen molar-refractivity contribution in [2.45, 2.75) is 6.54 Å². The zero-order valence-corrected chi connectivity index (χ0v) is 15.8. The van der Waals surface area contributed by atoms with E-state index in [4.69, 9.17) is 0 Å². The highest BCUT2D eigenvalue weighted by Crippen LogP contribution is 2.31. The number of phenolic OH excluding ortho intramolecular Hbond substituents is 2. The van der Waals surface area contributed by atoms with E-state index in [2.05, 4.69) is 25.6 Å². The lowest BCUT2D eigenvalue weighted by Crippen LogP contribution is -2.23. The number of carbonyl (C=O) groups excluding carboxylic acids is 1. The summed E-state index contributed by atoms with van der Waals surface area (Å²) in [6.45, 7) is 0.121. The monoisotopic (exact) mass is 421 g/mol. The Morgan fingerprint density at radius 1 is 1.00 bits per heavy atom. The average Bonchev–Trinajstić information content (AvgIpc) is 3.25. The number of aromatic hydroxyl groups is 2.